The Morgan fingerprint density at radius 1 is 1.57 bits per heavy atom. The van der Waals surface area contributed by atoms with Gasteiger partial charge >= 0.3 is 0 Å². The standard InChI is InChI=1S/C11H22N2O/c1-8(2)13(6-4-5-12)11(14)10-7-9(10)3/h8-10H,4-7,12H2,1-3H3. The first-order valence-corrected chi connectivity index (χ1v) is 5.58. The van der Waals surface area contributed by atoms with E-state index < -0.39 is 0 Å². The van der Waals surface area contributed by atoms with Crippen LogP contribution in [0.15, 0.2) is 0 Å². The molecule has 2 atom stereocenters. The summed E-state index contributed by atoms with van der Waals surface area (Å²) >= 11 is 0. The van der Waals surface area contributed by atoms with Gasteiger partial charge in [-0.1, -0.05) is 6.92 Å². The number of hydrogen-bond acceptors (Lipinski definition) is 2. The molecule has 1 aliphatic carbocycles. The van der Waals surface area contributed by atoms with Crippen LogP contribution in [0, 0.1) is 11.8 Å². The Hall–Kier alpha value is -0.570. The number of carbonyl (C=O) groups is 1. The molecule has 0 heterocycles. The van der Waals surface area contributed by atoms with Crippen LogP contribution in [0.4, 0.5) is 0 Å². The molecule has 0 radical (unpaired) electrons. The van der Waals surface area contributed by atoms with E-state index >= 15 is 0 Å². The first kappa shape index (κ1) is 11.5. The molecule has 2 N–H and O–H groups in total. The minimum Gasteiger partial charge on any atom is -0.340 e. The van der Waals surface area contributed by atoms with Crippen LogP contribution in [0.3, 0.4) is 0 Å². The summed E-state index contributed by atoms with van der Waals surface area (Å²) in [6.07, 6.45) is 1.98. The lowest BCUT2D eigenvalue weighted by Gasteiger charge is -2.26. The van der Waals surface area contributed by atoms with E-state index in [-0.39, 0.29) is 0 Å². The fourth-order valence-corrected chi connectivity index (χ4v) is 1.76. The van der Waals surface area contributed by atoms with Gasteiger partial charge in [0.05, 0.1) is 0 Å². The van der Waals surface area contributed by atoms with Crippen molar-refractivity contribution in [1.29, 1.82) is 0 Å². The van der Waals surface area contributed by atoms with Gasteiger partial charge in [-0.05, 0) is 39.2 Å². The van der Waals surface area contributed by atoms with Crippen LogP contribution in [0.1, 0.15) is 33.6 Å². The van der Waals surface area contributed by atoms with Crippen LogP contribution >= 0.6 is 0 Å². The number of amides is 1. The lowest BCUT2D eigenvalue weighted by molar-refractivity contribution is -0.134. The van der Waals surface area contributed by atoms with Gasteiger partial charge in [0.25, 0.3) is 0 Å². The molecule has 14 heavy (non-hydrogen) atoms. The Morgan fingerprint density at radius 2 is 2.14 bits per heavy atom. The molecule has 0 aromatic heterocycles. The number of nitrogens with zero attached hydrogens (tertiary/aromatic N) is 1. The molecule has 1 aliphatic rings. The third-order valence-electron chi connectivity index (χ3n) is 2.94. The van der Waals surface area contributed by atoms with E-state index in [9.17, 15) is 4.79 Å². The Balaban J connectivity index is 2.45. The molecule has 0 bridgehead atoms. The van der Waals surface area contributed by atoms with Crippen molar-refractivity contribution >= 4 is 5.91 Å². The summed E-state index contributed by atoms with van der Waals surface area (Å²) in [5.41, 5.74) is 5.46. The van der Waals surface area contributed by atoms with E-state index in [1.807, 2.05) is 4.90 Å². The third kappa shape index (κ3) is 2.71. The zero-order valence-corrected chi connectivity index (χ0v) is 9.49. The lowest BCUT2D eigenvalue weighted by Crippen LogP contribution is -2.39. The maximum absolute atomic E-state index is 11.9. The highest BCUT2D eigenvalue weighted by Gasteiger charge is 2.41. The van der Waals surface area contributed by atoms with Gasteiger partial charge in [0.2, 0.25) is 5.91 Å². The number of rotatable bonds is 5. The average Bonchev–Trinajstić information content (AvgIpc) is 2.82. The minimum absolute atomic E-state index is 0.301. The zero-order chi connectivity index (χ0) is 10.7. The van der Waals surface area contributed by atoms with Crippen molar-refractivity contribution in [2.24, 2.45) is 17.6 Å². The third-order valence-corrected chi connectivity index (χ3v) is 2.94. The second kappa shape index (κ2) is 4.78. The molecule has 0 aromatic carbocycles. The Kier molecular flexibility index (Phi) is 3.93. The summed E-state index contributed by atoms with van der Waals surface area (Å²) in [5.74, 6) is 1.23. The second-order valence-electron chi connectivity index (χ2n) is 4.59. The van der Waals surface area contributed by atoms with Gasteiger partial charge in [0, 0.05) is 18.5 Å². The molecule has 1 amide bonds. The summed E-state index contributed by atoms with van der Waals surface area (Å²) in [6.45, 7) is 7.76. The maximum atomic E-state index is 11.9. The molecule has 1 fully saturated rings. The molecule has 2 unspecified atom stereocenters. The van der Waals surface area contributed by atoms with Crippen LogP contribution in [-0.4, -0.2) is 29.9 Å². The first-order valence-electron chi connectivity index (χ1n) is 5.58. The van der Waals surface area contributed by atoms with E-state index in [1.165, 1.54) is 0 Å². The van der Waals surface area contributed by atoms with E-state index in [2.05, 4.69) is 20.8 Å². The van der Waals surface area contributed by atoms with Crippen molar-refractivity contribution in [3.8, 4) is 0 Å². The largest absolute Gasteiger partial charge is 0.340 e. The predicted molar refractivity (Wildman–Crippen MR) is 57.8 cm³/mol. The van der Waals surface area contributed by atoms with Crippen LogP contribution in [0.2, 0.25) is 0 Å². The highest BCUT2D eigenvalue weighted by atomic mass is 16.2. The topological polar surface area (TPSA) is 46.3 Å². The van der Waals surface area contributed by atoms with Crippen molar-refractivity contribution in [2.45, 2.75) is 39.7 Å². The SMILES string of the molecule is CC1CC1C(=O)N(CCCN)C(C)C. The summed E-state index contributed by atoms with van der Waals surface area (Å²) in [7, 11) is 0. The predicted octanol–water partition coefficient (Wildman–Crippen LogP) is 1.23. The van der Waals surface area contributed by atoms with E-state index in [0.717, 1.165) is 19.4 Å². The fourth-order valence-electron chi connectivity index (χ4n) is 1.76. The summed E-state index contributed by atoms with van der Waals surface area (Å²) < 4.78 is 0. The molecule has 0 spiro atoms. The van der Waals surface area contributed by atoms with E-state index in [0.29, 0.717) is 30.3 Å². The van der Waals surface area contributed by atoms with Crippen LogP contribution in [0.25, 0.3) is 0 Å². The molecule has 3 nitrogen and oxygen atoms in total. The van der Waals surface area contributed by atoms with Crippen molar-refractivity contribution in [1.82, 2.24) is 4.90 Å². The summed E-state index contributed by atoms with van der Waals surface area (Å²) in [5, 5.41) is 0. The molecule has 0 aromatic rings. The minimum atomic E-state index is 0.301. The molecule has 3 heteroatoms. The average molecular weight is 198 g/mol. The van der Waals surface area contributed by atoms with Crippen LogP contribution < -0.4 is 5.73 Å². The van der Waals surface area contributed by atoms with E-state index in [1.54, 1.807) is 0 Å². The van der Waals surface area contributed by atoms with Gasteiger partial charge in [-0.3, -0.25) is 4.79 Å². The molecular weight excluding hydrogens is 176 g/mol. The maximum Gasteiger partial charge on any atom is 0.226 e. The van der Waals surface area contributed by atoms with Gasteiger partial charge in [-0.2, -0.15) is 0 Å². The summed E-state index contributed by atoms with van der Waals surface area (Å²) in [6, 6.07) is 0.307. The molecule has 1 saturated carbocycles. The smallest absolute Gasteiger partial charge is 0.226 e. The Morgan fingerprint density at radius 3 is 2.50 bits per heavy atom. The molecular formula is C11H22N2O. The first-order chi connectivity index (χ1) is 6.57. The quantitative estimate of drug-likeness (QED) is 0.722. The van der Waals surface area contributed by atoms with Crippen molar-refractivity contribution < 1.29 is 4.79 Å². The van der Waals surface area contributed by atoms with Crippen LogP contribution in [0.5, 0.6) is 0 Å². The van der Waals surface area contributed by atoms with Gasteiger partial charge in [-0.15, -0.1) is 0 Å². The lowest BCUT2D eigenvalue weighted by atomic mass is 10.2. The fraction of sp³-hybridized carbons (Fsp3) is 0.909. The number of carbonyl (C=O) groups excluding carboxylic acids is 1. The molecule has 1 rings (SSSR count). The van der Waals surface area contributed by atoms with Crippen molar-refractivity contribution in [2.75, 3.05) is 13.1 Å². The monoisotopic (exact) mass is 198 g/mol. The van der Waals surface area contributed by atoms with Crippen molar-refractivity contribution in [3.05, 3.63) is 0 Å². The molecule has 0 aliphatic heterocycles. The van der Waals surface area contributed by atoms with Crippen molar-refractivity contribution in [3.63, 3.8) is 0 Å². The molecule has 0 saturated heterocycles. The van der Waals surface area contributed by atoms with E-state index in [4.69, 9.17) is 5.73 Å². The number of hydrogen-bond donors (Lipinski definition) is 1. The highest BCUT2D eigenvalue weighted by Crippen LogP contribution is 2.39. The normalized spacial score (nSPS) is 25.2. The van der Waals surface area contributed by atoms with Gasteiger partial charge in [0.15, 0.2) is 0 Å². The molecule has 82 valence electrons. The zero-order valence-electron chi connectivity index (χ0n) is 9.49. The van der Waals surface area contributed by atoms with Crippen LogP contribution in [-0.2, 0) is 4.79 Å². The second-order valence-corrected chi connectivity index (χ2v) is 4.59. The van der Waals surface area contributed by atoms with Gasteiger partial charge in [0.1, 0.15) is 0 Å². The Bertz CT molecular complexity index is 203. The van der Waals surface area contributed by atoms with Gasteiger partial charge < -0.3 is 10.6 Å². The number of nitrogens with two attached hydrogens (primary N) is 1. The highest BCUT2D eigenvalue weighted by molar-refractivity contribution is 5.81. The summed E-state index contributed by atoms with van der Waals surface area (Å²) in [4.78, 5) is 13.9. The Labute approximate surface area is 86.6 Å². The van der Waals surface area contributed by atoms with Gasteiger partial charge in [-0.25, -0.2) is 0 Å².